The Morgan fingerprint density at radius 1 is 1.16 bits per heavy atom. The lowest BCUT2D eigenvalue weighted by Gasteiger charge is -2.46. The molecule has 0 radical (unpaired) electrons. The summed E-state index contributed by atoms with van der Waals surface area (Å²) in [6, 6.07) is 0.863. The molecule has 19 heavy (non-hydrogen) atoms. The Balaban J connectivity index is 1.98. The first-order valence-corrected chi connectivity index (χ1v) is 8.58. The molecule has 0 aromatic heterocycles. The summed E-state index contributed by atoms with van der Waals surface area (Å²) in [5.41, 5.74) is 0.562. The minimum atomic E-state index is 0.562. The summed E-state index contributed by atoms with van der Waals surface area (Å²) in [5.74, 6) is 0.952. The number of rotatable bonds is 5. The molecule has 1 saturated carbocycles. The Morgan fingerprint density at radius 3 is 2.53 bits per heavy atom. The normalized spacial score (nSPS) is 37.4. The molecule has 2 rings (SSSR count). The molecule has 1 N–H and O–H groups in total. The molecule has 0 aromatic carbocycles. The number of hydrogen-bond acceptors (Lipinski definition) is 2. The zero-order valence-corrected chi connectivity index (χ0v) is 13.4. The van der Waals surface area contributed by atoms with Gasteiger partial charge in [-0.25, -0.2) is 0 Å². The molecule has 0 spiro atoms. The van der Waals surface area contributed by atoms with Crippen LogP contribution in [0.1, 0.15) is 65.2 Å². The molecule has 0 bridgehead atoms. The van der Waals surface area contributed by atoms with Crippen molar-refractivity contribution in [3.05, 3.63) is 0 Å². The fourth-order valence-corrected chi connectivity index (χ4v) is 4.30. The van der Waals surface area contributed by atoms with E-state index in [4.69, 9.17) is 0 Å². The first-order valence-electron chi connectivity index (χ1n) is 8.58. The molecule has 2 heteroatoms. The molecule has 0 aromatic rings. The maximum absolute atomic E-state index is 3.49. The van der Waals surface area contributed by atoms with E-state index >= 15 is 0 Å². The number of nitrogens with zero attached hydrogens (tertiary/aromatic N) is 1. The van der Waals surface area contributed by atoms with Crippen LogP contribution in [0, 0.1) is 11.3 Å². The summed E-state index contributed by atoms with van der Waals surface area (Å²) < 4.78 is 0. The van der Waals surface area contributed by atoms with Gasteiger partial charge in [0.05, 0.1) is 0 Å². The van der Waals surface area contributed by atoms with Crippen LogP contribution in [0.3, 0.4) is 0 Å². The zero-order valence-electron chi connectivity index (χ0n) is 13.4. The van der Waals surface area contributed by atoms with Gasteiger partial charge < -0.3 is 5.32 Å². The van der Waals surface area contributed by atoms with Crippen molar-refractivity contribution in [3.63, 3.8) is 0 Å². The number of likely N-dealkylation sites (tertiary alicyclic amines) is 1. The van der Waals surface area contributed by atoms with Crippen LogP contribution in [0.4, 0.5) is 0 Å². The molecular formula is C17H34N2. The minimum absolute atomic E-state index is 0.562. The lowest BCUT2D eigenvalue weighted by Crippen LogP contribution is -2.50. The highest BCUT2D eigenvalue weighted by Crippen LogP contribution is 2.40. The molecule has 2 nitrogen and oxygen atoms in total. The summed E-state index contributed by atoms with van der Waals surface area (Å²) in [6.45, 7) is 8.71. The van der Waals surface area contributed by atoms with Crippen LogP contribution >= 0.6 is 0 Å². The van der Waals surface area contributed by atoms with Crippen LogP contribution in [0.15, 0.2) is 0 Å². The minimum Gasteiger partial charge on any atom is -0.319 e. The topological polar surface area (TPSA) is 15.3 Å². The molecule has 2 fully saturated rings. The number of hydrogen-bond donors (Lipinski definition) is 1. The van der Waals surface area contributed by atoms with Crippen molar-refractivity contribution in [3.8, 4) is 0 Å². The third-order valence-electron chi connectivity index (χ3n) is 5.65. The van der Waals surface area contributed by atoms with Gasteiger partial charge in [0.1, 0.15) is 0 Å². The van der Waals surface area contributed by atoms with Gasteiger partial charge in [0.15, 0.2) is 0 Å². The maximum atomic E-state index is 3.49. The highest BCUT2D eigenvalue weighted by atomic mass is 15.2. The molecule has 1 aliphatic carbocycles. The summed E-state index contributed by atoms with van der Waals surface area (Å²) in [7, 11) is 2.13. The third-order valence-corrected chi connectivity index (χ3v) is 5.65. The van der Waals surface area contributed by atoms with E-state index in [-0.39, 0.29) is 0 Å². The molecular weight excluding hydrogens is 232 g/mol. The molecule has 112 valence electrons. The Morgan fingerprint density at radius 2 is 1.89 bits per heavy atom. The van der Waals surface area contributed by atoms with Gasteiger partial charge in [0, 0.05) is 19.1 Å². The molecule has 1 heterocycles. The molecule has 1 atom stereocenters. The first kappa shape index (κ1) is 15.3. The van der Waals surface area contributed by atoms with Crippen molar-refractivity contribution in [2.75, 3.05) is 26.7 Å². The van der Waals surface area contributed by atoms with E-state index in [0.29, 0.717) is 5.41 Å². The van der Waals surface area contributed by atoms with Crippen LogP contribution < -0.4 is 5.32 Å². The van der Waals surface area contributed by atoms with Crippen molar-refractivity contribution in [2.45, 2.75) is 71.3 Å². The van der Waals surface area contributed by atoms with Crippen molar-refractivity contribution < 1.29 is 0 Å². The van der Waals surface area contributed by atoms with Crippen LogP contribution in [0.5, 0.6) is 0 Å². The van der Waals surface area contributed by atoms with Gasteiger partial charge in [-0.15, -0.1) is 0 Å². The summed E-state index contributed by atoms with van der Waals surface area (Å²) in [5, 5.41) is 3.49. The van der Waals surface area contributed by atoms with E-state index < -0.39 is 0 Å². The predicted molar refractivity (Wildman–Crippen MR) is 83.5 cm³/mol. The van der Waals surface area contributed by atoms with E-state index in [0.717, 1.165) is 12.0 Å². The van der Waals surface area contributed by atoms with E-state index in [1.165, 1.54) is 71.0 Å². The highest BCUT2D eigenvalue weighted by Gasteiger charge is 2.37. The second kappa shape index (κ2) is 7.08. The second-order valence-corrected chi connectivity index (χ2v) is 7.24. The van der Waals surface area contributed by atoms with Crippen molar-refractivity contribution in [1.29, 1.82) is 0 Å². The Kier molecular flexibility index (Phi) is 5.70. The van der Waals surface area contributed by atoms with Gasteiger partial charge in [0.25, 0.3) is 0 Å². The largest absolute Gasteiger partial charge is 0.319 e. The average molecular weight is 266 g/mol. The van der Waals surface area contributed by atoms with E-state index in [2.05, 4.69) is 31.1 Å². The van der Waals surface area contributed by atoms with Gasteiger partial charge in [-0.3, -0.25) is 4.90 Å². The predicted octanol–water partition coefficient (Wildman–Crippen LogP) is 3.67. The summed E-state index contributed by atoms with van der Waals surface area (Å²) in [4.78, 5) is 2.83. The molecule has 2 aliphatic rings. The monoisotopic (exact) mass is 266 g/mol. The maximum Gasteiger partial charge on any atom is 0.00928 e. The van der Waals surface area contributed by atoms with Crippen molar-refractivity contribution in [1.82, 2.24) is 10.2 Å². The van der Waals surface area contributed by atoms with Crippen molar-refractivity contribution >= 4 is 0 Å². The molecule has 1 unspecified atom stereocenters. The van der Waals surface area contributed by atoms with Gasteiger partial charge >= 0.3 is 0 Å². The smallest absolute Gasteiger partial charge is 0.00928 e. The highest BCUT2D eigenvalue weighted by molar-refractivity contribution is 4.91. The Labute approximate surface area is 120 Å². The van der Waals surface area contributed by atoms with Crippen LogP contribution in [0.2, 0.25) is 0 Å². The fourth-order valence-electron chi connectivity index (χ4n) is 4.30. The third kappa shape index (κ3) is 3.95. The Bertz CT molecular complexity index is 256. The summed E-state index contributed by atoms with van der Waals surface area (Å²) >= 11 is 0. The van der Waals surface area contributed by atoms with Gasteiger partial charge in [-0.1, -0.05) is 33.1 Å². The van der Waals surface area contributed by atoms with E-state index in [1.807, 2.05) is 0 Å². The van der Waals surface area contributed by atoms with Crippen LogP contribution in [0.25, 0.3) is 0 Å². The second-order valence-electron chi connectivity index (χ2n) is 7.24. The van der Waals surface area contributed by atoms with Crippen LogP contribution in [-0.2, 0) is 0 Å². The standard InChI is InChI=1S/C17H34N2/c1-4-16-7-5-6-12-19(16)14-17(13-18-3)10-8-15(2)9-11-17/h15-16,18H,4-14H2,1-3H3. The van der Waals surface area contributed by atoms with Crippen LogP contribution in [-0.4, -0.2) is 37.6 Å². The fraction of sp³-hybridized carbons (Fsp3) is 1.00. The number of piperidine rings is 1. The quantitative estimate of drug-likeness (QED) is 0.817. The van der Waals surface area contributed by atoms with Gasteiger partial charge in [0.2, 0.25) is 0 Å². The Hall–Kier alpha value is -0.0800. The lowest BCUT2D eigenvalue weighted by atomic mass is 9.70. The van der Waals surface area contributed by atoms with Crippen molar-refractivity contribution in [2.24, 2.45) is 11.3 Å². The molecule has 0 amide bonds. The van der Waals surface area contributed by atoms with E-state index in [1.54, 1.807) is 0 Å². The van der Waals surface area contributed by atoms with Gasteiger partial charge in [-0.2, -0.15) is 0 Å². The summed E-state index contributed by atoms with van der Waals surface area (Å²) in [6.07, 6.45) is 11.4. The SMILES string of the molecule is CCC1CCCCN1CC1(CNC)CCC(C)CC1. The first-order chi connectivity index (χ1) is 9.19. The zero-order chi connectivity index (χ0) is 13.7. The van der Waals surface area contributed by atoms with E-state index in [9.17, 15) is 0 Å². The van der Waals surface area contributed by atoms with Gasteiger partial charge in [-0.05, 0) is 57.0 Å². The lowest BCUT2D eigenvalue weighted by molar-refractivity contribution is 0.0457. The molecule has 1 aliphatic heterocycles. The average Bonchev–Trinajstić information content (AvgIpc) is 2.43. The molecule has 1 saturated heterocycles. The number of nitrogens with one attached hydrogen (secondary N) is 1.